The SMILES string of the molecule is CC(CSCC(=O)NC1CCCCCC1)C(=O)O. The van der Waals surface area contributed by atoms with Crippen LogP contribution in [0, 0.1) is 5.92 Å². The number of thioether (sulfide) groups is 1. The maximum Gasteiger partial charge on any atom is 0.307 e. The number of hydrogen-bond acceptors (Lipinski definition) is 3. The van der Waals surface area contributed by atoms with Gasteiger partial charge in [-0.05, 0) is 12.8 Å². The van der Waals surface area contributed by atoms with Crippen LogP contribution in [-0.2, 0) is 9.59 Å². The van der Waals surface area contributed by atoms with Crippen LogP contribution < -0.4 is 5.32 Å². The molecule has 1 unspecified atom stereocenters. The van der Waals surface area contributed by atoms with Crippen molar-refractivity contribution >= 4 is 23.6 Å². The van der Waals surface area contributed by atoms with Crippen molar-refractivity contribution in [3.05, 3.63) is 0 Å². The summed E-state index contributed by atoms with van der Waals surface area (Å²) in [4.78, 5) is 22.3. The van der Waals surface area contributed by atoms with Gasteiger partial charge < -0.3 is 10.4 Å². The number of carbonyl (C=O) groups is 2. The topological polar surface area (TPSA) is 66.4 Å². The summed E-state index contributed by atoms with van der Waals surface area (Å²) in [5.74, 6) is -0.279. The van der Waals surface area contributed by atoms with Crippen molar-refractivity contribution in [2.75, 3.05) is 11.5 Å². The van der Waals surface area contributed by atoms with Gasteiger partial charge >= 0.3 is 5.97 Å². The lowest BCUT2D eigenvalue weighted by Crippen LogP contribution is -2.35. The molecule has 0 saturated heterocycles. The quantitative estimate of drug-likeness (QED) is 0.729. The van der Waals surface area contributed by atoms with Gasteiger partial charge in [0.1, 0.15) is 0 Å². The van der Waals surface area contributed by atoms with Crippen molar-refractivity contribution in [2.45, 2.75) is 51.5 Å². The first kappa shape index (κ1) is 15.3. The zero-order chi connectivity index (χ0) is 13.4. The smallest absolute Gasteiger partial charge is 0.307 e. The minimum absolute atomic E-state index is 0.0458. The molecule has 1 atom stereocenters. The van der Waals surface area contributed by atoms with E-state index in [1.807, 2.05) is 0 Å². The molecule has 0 radical (unpaired) electrons. The highest BCUT2D eigenvalue weighted by molar-refractivity contribution is 7.99. The number of amides is 1. The van der Waals surface area contributed by atoms with E-state index in [0.717, 1.165) is 12.8 Å². The first-order valence-corrected chi connectivity index (χ1v) is 7.85. The summed E-state index contributed by atoms with van der Waals surface area (Å²) >= 11 is 1.40. The predicted octanol–water partition coefficient (Wildman–Crippen LogP) is 2.28. The summed E-state index contributed by atoms with van der Waals surface area (Å²) in [5.41, 5.74) is 0. The van der Waals surface area contributed by atoms with Gasteiger partial charge in [-0.15, -0.1) is 0 Å². The summed E-state index contributed by atoms with van der Waals surface area (Å²) in [5, 5.41) is 11.8. The molecule has 1 amide bonds. The molecule has 1 aliphatic carbocycles. The molecule has 1 aliphatic rings. The molecule has 1 fully saturated rings. The van der Waals surface area contributed by atoms with Gasteiger partial charge in [-0.1, -0.05) is 32.6 Å². The summed E-state index contributed by atoms with van der Waals surface area (Å²) < 4.78 is 0. The lowest BCUT2D eigenvalue weighted by molar-refractivity contribution is -0.140. The van der Waals surface area contributed by atoms with Gasteiger partial charge in [-0.25, -0.2) is 0 Å². The minimum Gasteiger partial charge on any atom is -0.481 e. The first-order chi connectivity index (χ1) is 8.59. The maximum absolute atomic E-state index is 11.7. The fourth-order valence-electron chi connectivity index (χ4n) is 2.09. The number of carbonyl (C=O) groups excluding carboxylic acids is 1. The molecule has 0 aliphatic heterocycles. The van der Waals surface area contributed by atoms with Crippen LogP contribution in [0.5, 0.6) is 0 Å². The second-order valence-electron chi connectivity index (χ2n) is 5.01. The maximum atomic E-state index is 11.7. The van der Waals surface area contributed by atoms with Crippen LogP contribution in [0.4, 0.5) is 0 Å². The van der Waals surface area contributed by atoms with Crippen LogP contribution in [0.2, 0.25) is 0 Å². The number of aliphatic carboxylic acids is 1. The Bertz CT molecular complexity index is 275. The number of rotatable bonds is 6. The second-order valence-corrected chi connectivity index (χ2v) is 6.04. The van der Waals surface area contributed by atoms with Crippen LogP contribution in [0.25, 0.3) is 0 Å². The van der Waals surface area contributed by atoms with E-state index in [4.69, 9.17) is 5.11 Å². The Balaban J connectivity index is 2.14. The normalized spacial score (nSPS) is 18.9. The Labute approximate surface area is 113 Å². The fourth-order valence-corrected chi connectivity index (χ4v) is 2.98. The lowest BCUT2D eigenvalue weighted by Gasteiger charge is -2.16. The van der Waals surface area contributed by atoms with Crippen LogP contribution in [0.1, 0.15) is 45.4 Å². The van der Waals surface area contributed by atoms with E-state index in [2.05, 4.69) is 5.32 Å². The summed E-state index contributed by atoms with van der Waals surface area (Å²) in [6.07, 6.45) is 7.13. The summed E-state index contributed by atoms with van der Waals surface area (Å²) in [7, 11) is 0. The number of carboxylic acid groups (broad SMARTS) is 1. The molecule has 0 bridgehead atoms. The molecule has 0 spiro atoms. The Hall–Kier alpha value is -0.710. The van der Waals surface area contributed by atoms with Crippen LogP contribution in [-0.4, -0.2) is 34.5 Å². The van der Waals surface area contributed by atoms with Crippen LogP contribution in [0.3, 0.4) is 0 Å². The molecule has 18 heavy (non-hydrogen) atoms. The highest BCUT2D eigenvalue weighted by Gasteiger charge is 2.15. The largest absolute Gasteiger partial charge is 0.481 e. The Morgan fingerprint density at radius 1 is 1.28 bits per heavy atom. The van der Waals surface area contributed by atoms with Crippen LogP contribution >= 0.6 is 11.8 Å². The molecule has 104 valence electrons. The van der Waals surface area contributed by atoms with Gasteiger partial charge in [0.2, 0.25) is 5.91 Å². The van der Waals surface area contributed by atoms with E-state index < -0.39 is 5.97 Å². The van der Waals surface area contributed by atoms with E-state index in [9.17, 15) is 9.59 Å². The molecule has 0 aromatic carbocycles. The summed E-state index contributed by atoms with van der Waals surface area (Å²) in [6, 6.07) is 0.331. The molecule has 0 aromatic heterocycles. The molecule has 5 heteroatoms. The average Bonchev–Trinajstić information content (AvgIpc) is 2.57. The molecule has 0 aromatic rings. The van der Waals surface area contributed by atoms with Crippen molar-refractivity contribution in [3.8, 4) is 0 Å². The van der Waals surface area contributed by atoms with E-state index in [0.29, 0.717) is 17.5 Å². The molecule has 1 rings (SSSR count). The first-order valence-electron chi connectivity index (χ1n) is 6.69. The zero-order valence-corrected chi connectivity index (χ0v) is 11.8. The number of nitrogens with one attached hydrogen (secondary N) is 1. The molecule has 2 N–H and O–H groups in total. The van der Waals surface area contributed by atoms with E-state index in [1.54, 1.807) is 6.92 Å². The van der Waals surface area contributed by atoms with Gasteiger partial charge in [0.15, 0.2) is 0 Å². The Morgan fingerprint density at radius 3 is 2.44 bits per heavy atom. The van der Waals surface area contributed by atoms with Crippen molar-refractivity contribution in [1.29, 1.82) is 0 Å². The molecule has 4 nitrogen and oxygen atoms in total. The lowest BCUT2D eigenvalue weighted by atomic mass is 10.1. The number of hydrogen-bond donors (Lipinski definition) is 2. The highest BCUT2D eigenvalue weighted by atomic mass is 32.2. The molecular formula is C13H23NO3S. The standard InChI is InChI=1S/C13H23NO3S/c1-10(13(16)17)8-18-9-12(15)14-11-6-4-2-3-5-7-11/h10-11H,2-9H2,1H3,(H,14,15)(H,16,17). The predicted molar refractivity (Wildman–Crippen MR) is 73.8 cm³/mol. The van der Waals surface area contributed by atoms with Gasteiger partial charge in [0.25, 0.3) is 0 Å². The van der Waals surface area contributed by atoms with E-state index in [-0.39, 0.29) is 11.8 Å². The second kappa shape index (κ2) is 8.40. The molecule has 1 saturated carbocycles. The third-order valence-corrected chi connectivity index (χ3v) is 4.44. The van der Waals surface area contributed by atoms with Gasteiger partial charge in [0, 0.05) is 11.8 Å². The summed E-state index contributed by atoms with van der Waals surface area (Å²) in [6.45, 7) is 1.67. The third kappa shape index (κ3) is 6.28. The monoisotopic (exact) mass is 273 g/mol. The van der Waals surface area contributed by atoms with Crippen molar-refractivity contribution in [3.63, 3.8) is 0 Å². The van der Waals surface area contributed by atoms with Crippen molar-refractivity contribution in [2.24, 2.45) is 5.92 Å². The molecule has 0 heterocycles. The van der Waals surface area contributed by atoms with Crippen LogP contribution in [0.15, 0.2) is 0 Å². The highest BCUT2D eigenvalue weighted by Crippen LogP contribution is 2.17. The van der Waals surface area contributed by atoms with Crippen molar-refractivity contribution < 1.29 is 14.7 Å². The Kier molecular flexibility index (Phi) is 7.16. The fraction of sp³-hybridized carbons (Fsp3) is 0.846. The van der Waals surface area contributed by atoms with Gasteiger partial charge in [0.05, 0.1) is 11.7 Å². The third-order valence-electron chi connectivity index (χ3n) is 3.24. The zero-order valence-electron chi connectivity index (χ0n) is 11.0. The van der Waals surface area contributed by atoms with E-state index in [1.165, 1.54) is 37.4 Å². The molecular weight excluding hydrogens is 250 g/mol. The number of carboxylic acids is 1. The van der Waals surface area contributed by atoms with Gasteiger partial charge in [-0.2, -0.15) is 11.8 Å². The average molecular weight is 273 g/mol. The van der Waals surface area contributed by atoms with E-state index >= 15 is 0 Å². The van der Waals surface area contributed by atoms with Gasteiger partial charge in [-0.3, -0.25) is 9.59 Å². The Morgan fingerprint density at radius 2 is 1.89 bits per heavy atom. The van der Waals surface area contributed by atoms with Crippen molar-refractivity contribution in [1.82, 2.24) is 5.32 Å². The minimum atomic E-state index is -0.799.